The van der Waals surface area contributed by atoms with Crippen molar-refractivity contribution in [2.45, 2.75) is 0 Å². The molecule has 0 fully saturated rings. The van der Waals surface area contributed by atoms with Crippen molar-refractivity contribution in [2.75, 3.05) is 0 Å². The summed E-state index contributed by atoms with van der Waals surface area (Å²) in [5.74, 6) is 0.913. The van der Waals surface area contributed by atoms with Crippen LogP contribution in [0.15, 0.2) is 237 Å². The zero-order chi connectivity index (χ0) is 42.1. The van der Waals surface area contributed by atoms with E-state index in [-0.39, 0.29) is 0 Å². The molecule has 0 atom stereocenters. The van der Waals surface area contributed by atoms with Crippen molar-refractivity contribution in [1.82, 2.24) is 14.1 Å². The molecular formula is C61H39N3. The molecule has 0 bridgehead atoms. The van der Waals surface area contributed by atoms with Crippen molar-refractivity contribution in [2.24, 2.45) is 0 Å². The Morgan fingerprint density at radius 3 is 1.61 bits per heavy atom. The molecule has 3 heteroatoms. The molecule has 64 heavy (non-hydrogen) atoms. The van der Waals surface area contributed by atoms with Crippen LogP contribution in [0.3, 0.4) is 0 Å². The first kappa shape index (κ1) is 36.2. The van der Waals surface area contributed by atoms with Gasteiger partial charge in [-0.05, 0) is 120 Å². The molecule has 0 aliphatic heterocycles. The predicted octanol–water partition coefficient (Wildman–Crippen LogP) is 16.3. The topological polar surface area (TPSA) is 22.8 Å². The average molecular weight is 814 g/mol. The van der Waals surface area contributed by atoms with E-state index in [4.69, 9.17) is 4.98 Å². The fourth-order valence-electron chi connectivity index (χ4n) is 10.3. The molecule has 2 heterocycles. The Kier molecular flexibility index (Phi) is 8.22. The van der Waals surface area contributed by atoms with Gasteiger partial charge in [-0.3, -0.25) is 4.57 Å². The van der Waals surface area contributed by atoms with Gasteiger partial charge < -0.3 is 4.57 Å². The van der Waals surface area contributed by atoms with Gasteiger partial charge in [0.05, 0.1) is 22.1 Å². The van der Waals surface area contributed by atoms with Crippen molar-refractivity contribution in [3.8, 4) is 56.1 Å². The molecule has 0 amide bonds. The first-order chi connectivity index (χ1) is 31.8. The van der Waals surface area contributed by atoms with E-state index in [2.05, 4.69) is 246 Å². The summed E-state index contributed by atoms with van der Waals surface area (Å²) >= 11 is 0. The number of hydrogen-bond acceptors (Lipinski definition) is 1. The van der Waals surface area contributed by atoms with Gasteiger partial charge in [0.2, 0.25) is 0 Å². The summed E-state index contributed by atoms with van der Waals surface area (Å²) in [6.07, 6.45) is 0. The predicted molar refractivity (Wildman–Crippen MR) is 270 cm³/mol. The third-order valence-corrected chi connectivity index (χ3v) is 13.1. The highest BCUT2D eigenvalue weighted by atomic mass is 15.1. The summed E-state index contributed by atoms with van der Waals surface area (Å²) in [5.41, 5.74) is 14.9. The Hall–Kier alpha value is -8.53. The lowest BCUT2D eigenvalue weighted by atomic mass is 9.85. The summed E-state index contributed by atoms with van der Waals surface area (Å²) < 4.78 is 4.76. The Morgan fingerprint density at radius 2 is 0.844 bits per heavy atom. The minimum absolute atomic E-state index is 0.913. The van der Waals surface area contributed by atoms with Crippen LogP contribution >= 0.6 is 0 Å². The summed E-state index contributed by atoms with van der Waals surface area (Å²) in [5, 5.41) is 9.81. The van der Waals surface area contributed by atoms with Crippen molar-refractivity contribution in [3.05, 3.63) is 237 Å². The first-order valence-corrected chi connectivity index (χ1v) is 22.0. The van der Waals surface area contributed by atoms with Gasteiger partial charge in [0.1, 0.15) is 5.82 Å². The molecule has 0 radical (unpaired) electrons. The van der Waals surface area contributed by atoms with E-state index in [0.29, 0.717) is 0 Å². The zero-order valence-corrected chi connectivity index (χ0v) is 34.9. The maximum atomic E-state index is 5.47. The molecule has 0 saturated heterocycles. The largest absolute Gasteiger partial charge is 0.309 e. The standard InChI is InChI=1S/C61H39N3/c1-4-17-40(18-5-1)44-33-37-50-52(39-44)58(42-20-6-2-7-21-42)49-26-13-12-25-48(49)57(50)43-31-35-46(36-32-43)64-54-29-15-14-28-53(54)62-61(64)51-27-16-30-55-60(51)59-47-24-11-10-19-41(47)34-38-56(59)63(55)45-22-8-3-9-23-45/h1-39H. The fourth-order valence-corrected chi connectivity index (χ4v) is 10.3. The Labute approximate surface area is 370 Å². The second-order valence-electron chi connectivity index (χ2n) is 16.6. The summed E-state index contributed by atoms with van der Waals surface area (Å²) in [6.45, 7) is 0. The highest BCUT2D eigenvalue weighted by Crippen LogP contribution is 2.46. The molecule has 0 aliphatic carbocycles. The number of hydrogen-bond donors (Lipinski definition) is 0. The maximum Gasteiger partial charge on any atom is 0.146 e. The zero-order valence-electron chi connectivity index (χ0n) is 34.9. The van der Waals surface area contributed by atoms with Gasteiger partial charge in [0, 0.05) is 27.7 Å². The van der Waals surface area contributed by atoms with Crippen LogP contribution in [0.5, 0.6) is 0 Å². The van der Waals surface area contributed by atoms with Crippen molar-refractivity contribution < 1.29 is 0 Å². The highest BCUT2D eigenvalue weighted by Gasteiger charge is 2.23. The van der Waals surface area contributed by atoms with Crippen LogP contribution in [0, 0.1) is 0 Å². The Balaban J connectivity index is 1.04. The number of para-hydroxylation sites is 3. The number of aromatic nitrogens is 3. The van der Waals surface area contributed by atoms with E-state index in [0.717, 1.165) is 39.3 Å². The van der Waals surface area contributed by atoms with Gasteiger partial charge in [-0.2, -0.15) is 0 Å². The maximum absolute atomic E-state index is 5.47. The summed E-state index contributed by atoms with van der Waals surface area (Å²) in [4.78, 5) is 5.47. The molecule has 13 aromatic rings. The second kappa shape index (κ2) is 14.5. The van der Waals surface area contributed by atoms with E-state index in [1.165, 1.54) is 82.0 Å². The molecule has 298 valence electrons. The van der Waals surface area contributed by atoms with E-state index in [1.54, 1.807) is 0 Å². The van der Waals surface area contributed by atoms with E-state index in [9.17, 15) is 0 Å². The lowest BCUT2D eigenvalue weighted by Gasteiger charge is -2.19. The Bertz CT molecular complexity index is 3920. The van der Waals surface area contributed by atoms with E-state index < -0.39 is 0 Å². The second-order valence-corrected chi connectivity index (χ2v) is 16.6. The minimum Gasteiger partial charge on any atom is -0.309 e. The first-order valence-electron chi connectivity index (χ1n) is 22.0. The summed E-state index contributed by atoms with van der Waals surface area (Å²) in [7, 11) is 0. The van der Waals surface area contributed by atoms with Crippen LogP contribution in [0.2, 0.25) is 0 Å². The molecule has 0 saturated carbocycles. The van der Waals surface area contributed by atoms with E-state index in [1.807, 2.05) is 0 Å². The van der Waals surface area contributed by atoms with Crippen LogP contribution < -0.4 is 0 Å². The van der Waals surface area contributed by atoms with Crippen LogP contribution in [0.1, 0.15) is 0 Å². The Morgan fingerprint density at radius 1 is 0.297 bits per heavy atom. The third kappa shape index (κ3) is 5.58. The van der Waals surface area contributed by atoms with Crippen LogP contribution in [-0.4, -0.2) is 14.1 Å². The molecule has 0 aliphatic rings. The van der Waals surface area contributed by atoms with Crippen LogP contribution in [0.25, 0.3) is 121 Å². The quantitative estimate of drug-likeness (QED) is 0.153. The van der Waals surface area contributed by atoms with Gasteiger partial charge in [-0.15, -0.1) is 0 Å². The van der Waals surface area contributed by atoms with Crippen molar-refractivity contribution in [3.63, 3.8) is 0 Å². The van der Waals surface area contributed by atoms with Crippen LogP contribution in [-0.2, 0) is 0 Å². The molecule has 13 rings (SSSR count). The molecule has 0 spiro atoms. The molecule has 0 N–H and O–H groups in total. The van der Waals surface area contributed by atoms with Gasteiger partial charge in [0.25, 0.3) is 0 Å². The van der Waals surface area contributed by atoms with Gasteiger partial charge >= 0.3 is 0 Å². The smallest absolute Gasteiger partial charge is 0.146 e. The highest BCUT2D eigenvalue weighted by molar-refractivity contribution is 6.25. The summed E-state index contributed by atoms with van der Waals surface area (Å²) in [6, 6.07) is 85.8. The SMILES string of the molecule is c1ccc(-c2ccc3c(-c4ccc(-n5c(-c6cccc7c6c6c8ccccc8ccc6n7-c6ccccc6)nc6ccccc65)cc4)c4ccccc4c(-c4ccccc4)c3c2)cc1. The molecule has 0 unspecified atom stereocenters. The van der Waals surface area contributed by atoms with E-state index >= 15 is 0 Å². The molecule has 2 aromatic heterocycles. The van der Waals surface area contributed by atoms with Gasteiger partial charge in [0.15, 0.2) is 0 Å². The van der Waals surface area contributed by atoms with Crippen LogP contribution in [0.4, 0.5) is 0 Å². The fraction of sp³-hybridized carbons (Fsp3) is 0. The van der Waals surface area contributed by atoms with Gasteiger partial charge in [-0.1, -0.05) is 182 Å². The number of imidazole rings is 1. The number of benzene rings is 11. The minimum atomic E-state index is 0.913. The molecular weight excluding hydrogens is 775 g/mol. The molecule has 3 nitrogen and oxygen atoms in total. The normalized spacial score (nSPS) is 11.8. The number of fused-ring (bicyclic) bond motifs is 8. The lowest BCUT2D eigenvalue weighted by Crippen LogP contribution is -1.99. The monoisotopic (exact) mass is 813 g/mol. The van der Waals surface area contributed by atoms with Crippen molar-refractivity contribution in [1.29, 1.82) is 0 Å². The lowest BCUT2D eigenvalue weighted by molar-refractivity contribution is 1.11. The number of nitrogens with zero attached hydrogens (tertiary/aromatic N) is 3. The van der Waals surface area contributed by atoms with Gasteiger partial charge in [-0.25, -0.2) is 4.98 Å². The molecule has 11 aromatic carbocycles. The number of rotatable bonds is 6. The average Bonchev–Trinajstić information content (AvgIpc) is 3.93. The third-order valence-electron chi connectivity index (χ3n) is 13.1. The van der Waals surface area contributed by atoms with Crippen molar-refractivity contribution >= 4 is 65.2 Å².